The second kappa shape index (κ2) is 6.63. The summed E-state index contributed by atoms with van der Waals surface area (Å²) in [5.41, 5.74) is 0.368. The minimum atomic E-state index is -0.262. The van der Waals surface area contributed by atoms with Crippen LogP contribution < -0.4 is 10.6 Å². The van der Waals surface area contributed by atoms with E-state index in [4.69, 9.17) is 0 Å². The van der Waals surface area contributed by atoms with Crippen molar-refractivity contribution >= 4 is 44.1 Å². The standard InChI is InChI=1S/C12H13BrN4OS/c1-2-6-14-10-5-3-4-8(16-10)11(18)17-12-15-7-9(13)19-12/h3-5,7H,2,6H2,1H3,(H,14,16)(H,15,17,18). The maximum atomic E-state index is 12.0. The highest BCUT2D eigenvalue weighted by molar-refractivity contribution is 9.11. The Balaban J connectivity index is 2.06. The highest BCUT2D eigenvalue weighted by atomic mass is 79.9. The second-order valence-electron chi connectivity index (χ2n) is 3.76. The molecule has 0 saturated carbocycles. The minimum absolute atomic E-state index is 0.262. The molecule has 0 bridgehead atoms. The van der Waals surface area contributed by atoms with Crippen molar-refractivity contribution < 1.29 is 4.79 Å². The third-order valence-corrected chi connectivity index (χ3v) is 3.63. The summed E-state index contributed by atoms with van der Waals surface area (Å²) in [6, 6.07) is 5.32. The van der Waals surface area contributed by atoms with Crippen molar-refractivity contribution in [1.29, 1.82) is 0 Å². The van der Waals surface area contributed by atoms with Gasteiger partial charge in [0.05, 0.1) is 9.98 Å². The van der Waals surface area contributed by atoms with Gasteiger partial charge in [-0.25, -0.2) is 9.97 Å². The van der Waals surface area contributed by atoms with Crippen LogP contribution in [0.15, 0.2) is 28.2 Å². The lowest BCUT2D eigenvalue weighted by Gasteiger charge is -2.05. The first-order valence-corrected chi connectivity index (χ1v) is 7.43. The molecule has 0 saturated heterocycles. The van der Waals surface area contributed by atoms with E-state index in [9.17, 15) is 4.79 Å². The molecule has 5 nitrogen and oxygen atoms in total. The van der Waals surface area contributed by atoms with Gasteiger partial charge >= 0.3 is 0 Å². The molecule has 2 heterocycles. The molecule has 0 aliphatic rings. The van der Waals surface area contributed by atoms with Gasteiger partial charge in [0.25, 0.3) is 5.91 Å². The Hall–Kier alpha value is -1.47. The number of rotatable bonds is 5. The van der Waals surface area contributed by atoms with Crippen molar-refractivity contribution in [2.75, 3.05) is 17.2 Å². The van der Waals surface area contributed by atoms with Crippen LogP contribution >= 0.6 is 27.3 Å². The van der Waals surface area contributed by atoms with Crippen molar-refractivity contribution in [3.63, 3.8) is 0 Å². The van der Waals surface area contributed by atoms with Crippen LogP contribution in [0.3, 0.4) is 0 Å². The van der Waals surface area contributed by atoms with Gasteiger partial charge in [0, 0.05) is 6.54 Å². The molecule has 1 amide bonds. The Morgan fingerprint density at radius 3 is 3.00 bits per heavy atom. The Labute approximate surface area is 123 Å². The first-order valence-electron chi connectivity index (χ1n) is 5.82. The SMILES string of the molecule is CCCNc1cccc(C(=O)Nc2ncc(Br)s2)n1. The van der Waals surface area contributed by atoms with Crippen molar-refractivity contribution in [2.45, 2.75) is 13.3 Å². The highest BCUT2D eigenvalue weighted by Gasteiger charge is 2.10. The van der Waals surface area contributed by atoms with E-state index in [0.717, 1.165) is 16.8 Å². The van der Waals surface area contributed by atoms with Gasteiger partial charge in [-0.05, 0) is 34.5 Å². The average molecular weight is 341 g/mol. The molecule has 2 N–H and O–H groups in total. The molecule has 100 valence electrons. The number of carbonyl (C=O) groups is 1. The fraction of sp³-hybridized carbons (Fsp3) is 0.250. The normalized spacial score (nSPS) is 10.2. The van der Waals surface area contributed by atoms with Gasteiger partial charge in [-0.3, -0.25) is 10.1 Å². The van der Waals surface area contributed by atoms with Gasteiger partial charge in [-0.1, -0.05) is 24.3 Å². The third-order valence-electron chi connectivity index (χ3n) is 2.24. The maximum absolute atomic E-state index is 12.0. The van der Waals surface area contributed by atoms with E-state index in [1.54, 1.807) is 18.3 Å². The molecule has 2 aromatic rings. The van der Waals surface area contributed by atoms with Crippen molar-refractivity contribution in [3.05, 3.63) is 33.9 Å². The molecular weight excluding hydrogens is 328 g/mol. The van der Waals surface area contributed by atoms with Crippen molar-refractivity contribution in [3.8, 4) is 0 Å². The number of carbonyl (C=O) groups excluding carboxylic acids is 1. The number of aromatic nitrogens is 2. The molecule has 2 rings (SSSR count). The van der Waals surface area contributed by atoms with Crippen LogP contribution in [-0.2, 0) is 0 Å². The Morgan fingerprint density at radius 1 is 1.47 bits per heavy atom. The van der Waals surface area contributed by atoms with E-state index < -0.39 is 0 Å². The third kappa shape index (κ3) is 4.00. The zero-order valence-corrected chi connectivity index (χ0v) is 12.7. The number of amides is 1. The molecule has 0 aromatic carbocycles. The predicted molar refractivity (Wildman–Crippen MR) is 80.8 cm³/mol. The molecule has 0 unspecified atom stereocenters. The summed E-state index contributed by atoms with van der Waals surface area (Å²) in [6.45, 7) is 2.90. The molecule has 0 fully saturated rings. The second-order valence-corrected chi connectivity index (χ2v) is 6.17. The molecular formula is C12H13BrN4OS. The molecule has 0 aliphatic carbocycles. The lowest BCUT2D eigenvalue weighted by atomic mass is 10.3. The summed E-state index contributed by atoms with van der Waals surface area (Å²) < 4.78 is 0.870. The molecule has 0 radical (unpaired) electrons. The monoisotopic (exact) mass is 340 g/mol. The van der Waals surface area contributed by atoms with E-state index in [0.29, 0.717) is 16.6 Å². The summed E-state index contributed by atoms with van der Waals surface area (Å²) in [5.74, 6) is 0.441. The van der Waals surface area contributed by atoms with E-state index in [1.165, 1.54) is 11.3 Å². The van der Waals surface area contributed by atoms with Gasteiger partial charge in [-0.2, -0.15) is 0 Å². The van der Waals surface area contributed by atoms with Crippen LogP contribution in [0.1, 0.15) is 23.8 Å². The molecule has 0 aliphatic heterocycles. The summed E-state index contributed by atoms with van der Waals surface area (Å²) in [5, 5.41) is 6.40. The van der Waals surface area contributed by atoms with E-state index >= 15 is 0 Å². The highest BCUT2D eigenvalue weighted by Crippen LogP contribution is 2.23. The van der Waals surface area contributed by atoms with Crippen LogP contribution in [0.4, 0.5) is 10.9 Å². The van der Waals surface area contributed by atoms with Crippen molar-refractivity contribution in [2.24, 2.45) is 0 Å². The largest absolute Gasteiger partial charge is 0.370 e. The quantitative estimate of drug-likeness (QED) is 0.875. The van der Waals surface area contributed by atoms with Gasteiger partial charge in [0.1, 0.15) is 11.5 Å². The smallest absolute Gasteiger partial charge is 0.276 e. The topological polar surface area (TPSA) is 66.9 Å². The molecule has 2 aromatic heterocycles. The van der Waals surface area contributed by atoms with Crippen LogP contribution in [0.5, 0.6) is 0 Å². The molecule has 19 heavy (non-hydrogen) atoms. The Morgan fingerprint density at radius 2 is 2.32 bits per heavy atom. The van der Waals surface area contributed by atoms with E-state index in [1.807, 2.05) is 6.07 Å². The Bertz CT molecular complexity index is 572. The fourth-order valence-corrected chi connectivity index (χ4v) is 2.49. The number of halogens is 1. The molecule has 0 spiro atoms. The number of hydrogen-bond donors (Lipinski definition) is 2. The molecule has 7 heteroatoms. The minimum Gasteiger partial charge on any atom is -0.370 e. The van der Waals surface area contributed by atoms with Crippen LogP contribution in [0, 0.1) is 0 Å². The van der Waals surface area contributed by atoms with E-state index in [2.05, 4.69) is 43.5 Å². The summed E-state index contributed by atoms with van der Waals surface area (Å²) in [6.07, 6.45) is 2.65. The number of pyridine rings is 1. The number of thiazole rings is 1. The van der Waals surface area contributed by atoms with Crippen LogP contribution in [0.2, 0.25) is 0 Å². The van der Waals surface area contributed by atoms with E-state index in [-0.39, 0.29) is 5.91 Å². The lowest BCUT2D eigenvalue weighted by molar-refractivity contribution is 0.102. The number of anilines is 2. The predicted octanol–water partition coefficient (Wildman–Crippen LogP) is 3.37. The average Bonchev–Trinajstić information content (AvgIpc) is 2.82. The van der Waals surface area contributed by atoms with Gasteiger partial charge in [-0.15, -0.1) is 0 Å². The molecule has 0 atom stereocenters. The number of hydrogen-bond acceptors (Lipinski definition) is 5. The fourth-order valence-electron chi connectivity index (χ4n) is 1.39. The zero-order valence-electron chi connectivity index (χ0n) is 10.3. The first-order chi connectivity index (χ1) is 9.19. The summed E-state index contributed by atoms with van der Waals surface area (Å²) in [4.78, 5) is 20.3. The summed E-state index contributed by atoms with van der Waals surface area (Å²) >= 11 is 4.66. The van der Waals surface area contributed by atoms with Gasteiger partial charge in [0.2, 0.25) is 0 Å². The number of nitrogens with one attached hydrogen (secondary N) is 2. The van der Waals surface area contributed by atoms with Crippen molar-refractivity contribution in [1.82, 2.24) is 9.97 Å². The maximum Gasteiger partial charge on any atom is 0.276 e. The zero-order chi connectivity index (χ0) is 13.7. The van der Waals surface area contributed by atoms with Crippen LogP contribution in [0.25, 0.3) is 0 Å². The van der Waals surface area contributed by atoms with Gasteiger partial charge < -0.3 is 5.32 Å². The first kappa shape index (κ1) is 14.0. The summed E-state index contributed by atoms with van der Waals surface area (Å²) in [7, 11) is 0. The lowest BCUT2D eigenvalue weighted by Crippen LogP contribution is -2.14. The Kier molecular flexibility index (Phi) is 4.86. The van der Waals surface area contributed by atoms with Gasteiger partial charge in [0.15, 0.2) is 5.13 Å². The number of nitrogens with zero attached hydrogens (tertiary/aromatic N) is 2. The van der Waals surface area contributed by atoms with Crippen LogP contribution in [-0.4, -0.2) is 22.4 Å².